The summed E-state index contributed by atoms with van der Waals surface area (Å²) in [6.07, 6.45) is 5.52. The lowest BCUT2D eigenvalue weighted by Gasteiger charge is -2.33. The fraction of sp³-hybridized carbons (Fsp3) is 0.435. The Balaban J connectivity index is 1.28. The van der Waals surface area contributed by atoms with Crippen molar-refractivity contribution >= 4 is 17.5 Å². The van der Waals surface area contributed by atoms with Crippen LogP contribution in [0.2, 0.25) is 0 Å². The summed E-state index contributed by atoms with van der Waals surface area (Å²) in [5.74, 6) is 0.634. The van der Waals surface area contributed by atoms with E-state index < -0.39 is 0 Å². The molecular formula is C23H29N5O3. The van der Waals surface area contributed by atoms with E-state index in [1.807, 2.05) is 48.2 Å². The van der Waals surface area contributed by atoms with Gasteiger partial charge in [0.15, 0.2) is 0 Å². The van der Waals surface area contributed by atoms with E-state index in [9.17, 15) is 9.59 Å². The fourth-order valence-corrected chi connectivity index (χ4v) is 4.20. The molecule has 1 aromatic heterocycles. The second-order valence-electron chi connectivity index (χ2n) is 7.93. The number of hydrogen-bond donors (Lipinski definition) is 3. The molecule has 0 saturated carbocycles. The maximum atomic E-state index is 13.0. The number of pyridine rings is 1. The van der Waals surface area contributed by atoms with Crippen LogP contribution in [-0.2, 0) is 9.59 Å². The molecule has 2 fully saturated rings. The molecule has 2 atom stereocenters. The monoisotopic (exact) mass is 423 g/mol. The van der Waals surface area contributed by atoms with Gasteiger partial charge in [0.25, 0.3) is 0 Å². The van der Waals surface area contributed by atoms with Gasteiger partial charge in [0.2, 0.25) is 11.8 Å². The van der Waals surface area contributed by atoms with E-state index in [0.29, 0.717) is 50.4 Å². The summed E-state index contributed by atoms with van der Waals surface area (Å²) < 4.78 is 5.59. The minimum Gasteiger partial charge on any atom is -0.492 e. The van der Waals surface area contributed by atoms with Gasteiger partial charge < -0.3 is 15.0 Å². The van der Waals surface area contributed by atoms with Crippen LogP contribution in [-0.4, -0.2) is 47.4 Å². The van der Waals surface area contributed by atoms with Crippen molar-refractivity contribution in [3.8, 4) is 5.75 Å². The standard InChI is InChI=1S/C23H29N5O3/c1-2-31-21-6-4-3-5-18(21)25-22(29)17-9-13-28(14-10-17)23(30)20-15-19(26-27-20)16-7-11-24-12-8-16/h3-8,11-12,17,19-20,26-27H,2,9-10,13-15H2,1H3,(H,25,29). The number of aromatic nitrogens is 1. The van der Waals surface area contributed by atoms with Gasteiger partial charge in [0.05, 0.1) is 12.3 Å². The highest BCUT2D eigenvalue weighted by Gasteiger charge is 2.35. The van der Waals surface area contributed by atoms with Crippen LogP contribution in [0.15, 0.2) is 48.8 Å². The van der Waals surface area contributed by atoms with Crippen molar-refractivity contribution in [3.63, 3.8) is 0 Å². The van der Waals surface area contributed by atoms with Crippen LogP contribution in [0, 0.1) is 5.92 Å². The number of hydrogen-bond acceptors (Lipinski definition) is 6. The predicted molar refractivity (Wildman–Crippen MR) is 117 cm³/mol. The Hall–Kier alpha value is -2.97. The summed E-state index contributed by atoms with van der Waals surface area (Å²) in [5.41, 5.74) is 8.15. The number of carbonyl (C=O) groups excluding carboxylic acids is 2. The summed E-state index contributed by atoms with van der Waals surface area (Å²) in [4.78, 5) is 31.6. The molecule has 2 saturated heterocycles. The first-order chi connectivity index (χ1) is 15.2. The Labute approximate surface area is 182 Å². The lowest BCUT2D eigenvalue weighted by molar-refractivity contribution is -0.136. The largest absolute Gasteiger partial charge is 0.492 e. The highest BCUT2D eigenvalue weighted by atomic mass is 16.5. The van der Waals surface area contributed by atoms with Crippen molar-refractivity contribution in [1.82, 2.24) is 20.7 Å². The number of carbonyl (C=O) groups is 2. The van der Waals surface area contributed by atoms with E-state index in [1.165, 1.54) is 0 Å². The van der Waals surface area contributed by atoms with Crippen molar-refractivity contribution in [2.24, 2.45) is 5.92 Å². The van der Waals surface area contributed by atoms with Crippen LogP contribution in [0.5, 0.6) is 5.75 Å². The fourth-order valence-electron chi connectivity index (χ4n) is 4.20. The summed E-state index contributed by atoms with van der Waals surface area (Å²) in [6, 6.07) is 11.2. The van der Waals surface area contributed by atoms with Crippen LogP contribution < -0.4 is 20.9 Å². The molecule has 0 spiro atoms. The average molecular weight is 424 g/mol. The van der Waals surface area contributed by atoms with E-state index in [4.69, 9.17) is 4.74 Å². The number of hydrazine groups is 1. The zero-order valence-electron chi connectivity index (χ0n) is 17.7. The van der Waals surface area contributed by atoms with Crippen LogP contribution >= 0.6 is 0 Å². The predicted octanol–water partition coefficient (Wildman–Crippen LogP) is 2.27. The molecule has 3 N–H and O–H groups in total. The number of nitrogens with one attached hydrogen (secondary N) is 3. The number of piperidine rings is 1. The molecular weight excluding hydrogens is 394 g/mol. The molecule has 0 bridgehead atoms. The van der Waals surface area contributed by atoms with Gasteiger partial charge in [-0.1, -0.05) is 12.1 Å². The molecule has 0 aliphatic carbocycles. The number of ether oxygens (including phenoxy) is 1. The Morgan fingerprint density at radius 2 is 1.87 bits per heavy atom. The molecule has 2 amide bonds. The SMILES string of the molecule is CCOc1ccccc1NC(=O)C1CCN(C(=O)C2CC(c3ccncc3)NN2)CC1. The number of anilines is 1. The summed E-state index contributed by atoms with van der Waals surface area (Å²) in [6.45, 7) is 3.63. The summed E-state index contributed by atoms with van der Waals surface area (Å²) in [7, 11) is 0. The minimum atomic E-state index is -0.262. The van der Waals surface area contributed by atoms with Crippen LogP contribution in [0.25, 0.3) is 0 Å². The van der Waals surface area contributed by atoms with Crippen LogP contribution in [0.4, 0.5) is 5.69 Å². The molecule has 4 rings (SSSR count). The van der Waals surface area contributed by atoms with Crippen molar-refractivity contribution in [3.05, 3.63) is 54.4 Å². The third-order valence-corrected chi connectivity index (χ3v) is 5.93. The zero-order chi connectivity index (χ0) is 21.6. The van der Waals surface area contributed by atoms with Gasteiger partial charge in [-0.3, -0.25) is 14.6 Å². The molecule has 2 aliphatic rings. The Morgan fingerprint density at radius 3 is 2.61 bits per heavy atom. The maximum Gasteiger partial charge on any atom is 0.241 e. The molecule has 1 aromatic carbocycles. The van der Waals surface area contributed by atoms with Crippen molar-refractivity contribution < 1.29 is 14.3 Å². The first-order valence-corrected chi connectivity index (χ1v) is 10.9. The Morgan fingerprint density at radius 1 is 1.13 bits per heavy atom. The average Bonchev–Trinajstić information content (AvgIpc) is 3.31. The normalized spacial score (nSPS) is 21.6. The summed E-state index contributed by atoms with van der Waals surface area (Å²) in [5, 5.41) is 2.99. The van der Waals surface area contributed by atoms with Crippen LogP contribution in [0.3, 0.4) is 0 Å². The van der Waals surface area contributed by atoms with E-state index in [1.54, 1.807) is 12.4 Å². The molecule has 3 heterocycles. The number of para-hydroxylation sites is 2. The Bertz CT molecular complexity index is 899. The first-order valence-electron chi connectivity index (χ1n) is 10.9. The third kappa shape index (κ3) is 5.03. The van der Waals surface area contributed by atoms with Gasteiger partial charge in [0, 0.05) is 37.4 Å². The molecule has 164 valence electrons. The molecule has 31 heavy (non-hydrogen) atoms. The second kappa shape index (κ2) is 9.89. The topological polar surface area (TPSA) is 95.6 Å². The quantitative estimate of drug-likeness (QED) is 0.660. The van der Waals surface area contributed by atoms with E-state index in [0.717, 1.165) is 5.56 Å². The van der Waals surface area contributed by atoms with Gasteiger partial charge in [-0.2, -0.15) is 0 Å². The second-order valence-corrected chi connectivity index (χ2v) is 7.93. The number of benzene rings is 1. The molecule has 2 aliphatic heterocycles. The van der Waals surface area contributed by atoms with Crippen molar-refractivity contribution in [2.75, 3.05) is 25.0 Å². The third-order valence-electron chi connectivity index (χ3n) is 5.93. The number of nitrogens with zero attached hydrogens (tertiary/aromatic N) is 2. The number of amides is 2. The van der Waals surface area contributed by atoms with Crippen molar-refractivity contribution in [1.29, 1.82) is 0 Å². The highest BCUT2D eigenvalue weighted by Crippen LogP contribution is 2.27. The molecule has 2 aromatic rings. The Kier molecular flexibility index (Phi) is 6.79. The molecule has 2 unspecified atom stereocenters. The smallest absolute Gasteiger partial charge is 0.241 e. The van der Waals surface area contributed by atoms with Crippen LogP contribution in [0.1, 0.15) is 37.8 Å². The lowest BCUT2D eigenvalue weighted by Crippen LogP contribution is -2.49. The van der Waals surface area contributed by atoms with Gasteiger partial charge in [-0.15, -0.1) is 0 Å². The summed E-state index contributed by atoms with van der Waals surface area (Å²) >= 11 is 0. The van der Waals surface area contributed by atoms with Gasteiger partial charge in [0.1, 0.15) is 11.8 Å². The molecule has 8 nitrogen and oxygen atoms in total. The van der Waals surface area contributed by atoms with E-state index in [2.05, 4.69) is 21.2 Å². The lowest BCUT2D eigenvalue weighted by atomic mass is 9.94. The molecule has 8 heteroatoms. The number of rotatable bonds is 6. The maximum absolute atomic E-state index is 13.0. The minimum absolute atomic E-state index is 0.0161. The zero-order valence-corrected chi connectivity index (χ0v) is 17.7. The highest BCUT2D eigenvalue weighted by molar-refractivity contribution is 5.94. The van der Waals surface area contributed by atoms with Gasteiger partial charge in [-0.25, -0.2) is 10.9 Å². The van der Waals surface area contributed by atoms with Crippen molar-refractivity contribution in [2.45, 2.75) is 38.3 Å². The van der Waals surface area contributed by atoms with E-state index in [-0.39, 0.29) is 29.8 Å². The van der Waals surface area contributed by atoms with Gasteiger partial charge in [-0.05, 0) is 56.0 Å². The number of likely N-dealkylation sites (tertiary alicyclic amines) is 1. The first kappa shape index (κ1) is 21.3. The van der Waals surface area contributed by atoms with E-state index >= 15 is 0 Å². The van der Waals surface area contributed by atoms with Gasteiger partial charge >= 0.3 is 0 Å². The molecule has 0 radical (unpaired) electrons.